The average Bonchev–Trinajstić information content (AvgIpc) is 3.61. The number of aliphatic carboxylic acids is 1. The number of carbonyl (C=O) groups is 2. The summed E-state index contributed by atoms with van der Waals surface area (Å²) >= 11 is 0. The lowest BCUT2D eigenvalue weighted by molar-refractivity contribution is -0.144. The van der Waals surface area contributed by atoms with Crippen LogP contribution in [0.4, 0.5) is 0 Å². The van der Waals surface area contributed by atoms with Crippen molar-refractivity contribution in [1.29, 1.82) is 0 Å². The summed E-state index contributed by atoms with van der Waals surface area (Å²) in [6, 6.07) is 21.5. The quantitative estimate of drug-likeness (QED) is 0.357. The molecule has 3 aromatic carbocycles. The van der Waals surface area contributed by atoms with Gasteiger partial charge in [0.25, 0.3) is 0 Å². The lowest BCUT2D eigenvalue weighted by Crippen LogP contribution is -2.44. The Labute approximate surface area is 234 Å². The van der Waals surface area contributed by atoms with Crippen molar-refractivity contribution in [1.82, 2.24) is 10.2 Å². The van der Waals surface area contributed by atoms with Gasteiger partial charge in [0.1, 0.15) is 11.8 Å². The normalized spacial score (nSPS) is 20.9. The molecule has 4 atom stereocenters. The fourth-order valence-corrected chi connectivity index (χ4v) is 6.01. The van der Waals surface area contributed by atoms with Crippen LogP contribution in [-0.2, 0) is 9.59 Å². The van der Waals surface area contributed by atoms with Crippen LogP contribution in [0.1, 0.15) is 61.4 Å². The molecule has 2 N–H and O–H groups in total. The summed E-state index contributed by atoms with van der Waals surface area (Å²) in [4.78, 5) is 29.2. The number of carboxylic acids is 1. The number of fused-ring (bicyclic) bond motifs is 1. The molecule has 2 aliphatic rings. The molecule has 0 aliphatic carbocycles. The molecule has 40 heavy (non-hydrogen) atoms. The van der Waals surface area contributed by atoms with Gasteiger partial charge in [-0.15, -0.1) is 0 Å². The van der Waals surface area contributed by atoms with Gasteiger partial charge in [-0.1, -0.05) is 62.4 Å². The van der Waals surface area contributed by atoms with E-state index in [-0.39, 0.29) is 18.7 Å². The van der Waals surface area contributed by atoms with E-state index in [1.165, 1.54) is 0 Å². The highest BCUT2D eigenvalue weighted by atomic mass is 16.7. The molecule has 1 fully saturated rings. The molecule has 0 spiro atoms. The van der Waals surface area contributed by atoms with E-state index < -0.39 is 29.9 Å². The molecule has 1 amide bonds. The molecule has 2 heterocycles. The van der Waals surface area contributed by atoms with Gasteiger partial charge in [0.2, 0.25) is 12.7 Å². The van der Waals surface area contributed by atoms with Gasteiger partial charge in [-0.25, -0.2) is 0 Å². The molecule has 4 unspecified atom stereocenters. The third kappa shape index (κ3) is 5.36. The van der Waals surface area contributed by atoms with Gasteiger partial charge in [-0.2, -0.15) is 0 Å². The Kier molecular flexibility index (Phi) is 8.26. The zero-order valence-corrected chi connectivity index (χ0v) is 23.1. The number of amides is 1. The van der Waals surface area contributed by atoms with E-state index in [4.69, 9.17) is 14.2 Å². The van der Waals surface area contributed by atoms with Gasteiger partial charge in [-0.3, -0.25) is 14.5 Å². The van der Waals surface area contributed by atoms with Gasteiger partial charge in [0.15, 0.2) is 11.5 Å². The Balaban J connectivity index is 1.63. The Bertz CT molecular complexity index is 1320. The predicted molar refractivity (Wildman–Crippen MR) is 151 cm³/mol. The number of carbonyl (C=O) groups excluding carboxylic acids is 1. The summed E-state index contributed by atoms with van der Waals surface area (Å²) in [7, 11) is 1.60. The van der Waals surface area contributed by atoms with Crippen LogP contribution in [-0.4, -0.2) is 48.4 Å². The van der Waals surface area contributed by atoms with E-state index in [1.54, 1.807) is 7.11 Å². The molecule has 8 nitrogen and oxygen atoms in total. The minimum absolute atomic E-state index is 0.0284. The van der Waals surface area contributed by atoms with Gasteiger partial charge in [-0.05, 0) is 53.8 Å². The lowest BCUT2D eigenvalue weighted by Gasteiger charge is -2.34. The van der Waals surface area contributed by atoms with Crippen molar-refractivity contribution >= 4 is 11.9 Å². The van der Waals surface area contributed by atoms with E-state index in [0.717, 1.165) is 29.5 Å². The molecule has 2 aliphatic heterocycles. The first kappa shape index (κ1) is 27.5. The second-order valence-electron chi connectivity index (χ2n) is 10.3. The van der Waals surface area contributed by atoms with Crippen LogP contribution < -0.4 is 19.5 Å². The largest absolute Gasteiger partial charge is 0.497 e. The first-order chi connectivity index (χ1) is 19.4. The van der Waals surface area contributed by atoms with Crippen molar-refractivity contribution in [3.8, 4) is 17.2 Å². The van der Waals surface area contributed by atoms with Crippen LogP contribution in [0, 0.1) is 5.92 Å². The monoisotopic (exact) mass is 544 g/mol. The summed E-state index contributed by atoms with van der Waals surface area (Å²) in [5.74, 6) is -0.339. The maximum Gasteiger partial charge on any atom is 0.309 e. The molecule has 210 valence electrons. The molecule has 5 rings (SSSR count). The predicted octanol–water partition coefficient (Wildman–Crippen LogP) is 5.31. The fraction of sp³-hybridized carbons (Fsp3) is 0.375. The Hall–Kier alpha value is -4.04. The minimum atomic E-state index is -0.918. The van der Waals surface area contributed by atoms with Crippen LogP contribution in [0.5, 0.6) is 17.2 Å². The van der Waals surface area contributed by atoms with Crippen LogP contribution >= 0.6 is 0 Å². The molecule has 0 radical (unpaired) electrons. The third-order valence-corrected chi connectivity index (χ3v) is 8.13. The second kappa shape index (κ2) is 12.0. The smallest absolute Gasteiger partial charge is 0.309 e. The van der Waals surface area contributed by atoms with Gasteiger partial charge < -0.3 is 24.6 Å². The summed E-state index contributed by atoms with van der Waals surface area (Å²) < 4.78 is 16.5. The van der Waals surface area contributed by atoms with Crippen LogP contribution in [0.15, 0.2) is 72.8 Å². The van der Waals surface area contributed by atoms with E-state index >= 15 is 0 Å². The molecule has 0 bridgehead atoms. The number of carboxylic acid groups (broad SMARTS) is 1. The van der Waals surface area contributed by atoms with Gasteiger partial charge >= 0.3 is 5.97 Å². The van der Waals surface area contributed by atoms with Crippen LogP contribution in [0.3, 0.4) is 0 Å². The Morgan fingerprint density at radius 2 is 1.65 bits per heavy atom. The zero-order chi connectivity index (χ0) is 28.2. The highest BCUT2D eigenvalue weighted by Gasteiger charge is 2.51. The van der Waals surface area contributed by atoms with E-state index in [0.29, 0.717) is 23.8 Å². The number of likely N-dealkylation sites (tertiary alicyclic amines) is 1. The molecule has 0 saturated carbocycles. The number of benzene rings is 3. The molecule has 3 aromatic rings. The van der Waals surface area contributed by atoms with Crippen molar-refractivity contribution in [2.45, 2.75) is 50.7 Å². The van der Waals surface area contributed by atoms with Crippen molar-refractivity contribution in [2.24, 2.45) is 5.92 Å². The maximum absolute atomic E-state index is 14.1. The number of nitrogens with one attached hydrogen (secondary N) is 1. The maximum atomic E-state index is 14.1. The highest BCUT2D eigenvalue weighted by Crippen LogP contribution is 2.51. The molecular formula is C32H36N2O6. The summed E-state index contributed by atoms with van der Waals surface area (Å²) in [5.41, 5.74) is 2.47. The lowest BCUT2D eigenvalue weighted by atomic mass is 9.82. The van der Waals surface area contributed by atoms with Crippen molar-refractivity contribution in [2.75, 3.05) is 20.4 Å². The first-order valence-electron chi connectivity index (χ1n) is 13.8. The van der Waals surface area contributed by atoms with E-state index in [2.05, 4.69) is 24.1 Å². The summed E-state index contributed by atoms with van der Waals surface area (Å²) in [6.07, 6.45) is 1.62. The van der Waals surface area contributed by atoms with Crippen molar-refractivity contribution in [3.05, 3.63) is 89.5 Å². The number of rotatable bonds is 10. The Morgan fingerprint density at radius 3 is 2.30 bits per heavy atom. The zero-order valence-electron chi connectivity index (χ0n) is 23.1. The minimum Gasteiger partial charge on any atom is -0.497 e. The standard InChI is InChI=1S/C32H36N2O6/c1-4-23(5-2)33-31(35)30(20-9-7-6-8-10-20)34-18-25(22-13-16-26-27(17-22)40-19-39-26)28(32(36)37)29(34)21-11-14-24(38-3)15-12-21/h6-17,23,25,28-30H,4-5,18-19H2,1-3H3,(H,33,35)(H,36,37). The molecule has 0 aromatic heterocycles. The highest BCUT2D eigenvalue weighted by molar-refractivity contribution is 5.84. The number of methoxy groups -OCH3 is 1. The summed E-state index contributed by atoms with van der Waals surface area (Å²) in [6.45, 7) is 4.61. The fourth-order valence-electron chi connectivity index (χ4n) is 6.01. The van der Waals surface area contributed by atoms with Gasteiger partial charge in [0.05, 0.1) is 13.0 Å². The second-order valence-corrected chi connectivity index (χ2v) is 10.3. The van der Waals surface area contributed by atoms with E-state index in [9.17, 15) is 14.7 Å². The number of hydrogen-bond donors (Lipinski definition) is 2. The topological polar surface area (TPSA) is 97.3 Å². The average molecular weight is 545 g/mol. The third-order valence-electron chi connectivity index (χ3n) is 8.13. The van der Waals surface area contributed by atoms with Gasteiger partial charge in [0, 0.05) is 24.5 Å². The molecule has 8 heteroatoms. The SMILES string of the molecule is CCC(CC)NC(=O)C(c1ccccc1)N1CC(c2ccc3c(c2)OCO3)C(C(=O)O)C1c1ccc(OC)cc1. The number of hydrogen-bond acceptors (Lipinski definition) is 6. The number of nitrogens with zero attached hydrogens (tertiary/aromatic N) is 1. The van der Waals surface area contributed by atoms with Crippen LogP contribution in [0.25, 0.3) is 0 Å². The van der Waals surface area contributed by atoms with Crippen molar-refractivity contribution in [3.63, 3.8) is 0 Å². The number of ether oxygens (including phenoxy) is 3. The van der Waals surface area contributed by atoms with Crippen LogP contribution in [0.2, 0.25) is 0 Å². The molecule has 1 saturated heterocycles. The summed E-state index contributed by atoms with van der Waals surface area (Å²) in [5, 5.41) is 13.9. The van der Waals surface area contributed by atoms with E-state index in [1.807, 2.05) is 72.8 Å². The Morgan fingerprint density at radius 1 is 0.975 bits per heavy atom. The van der Waals surface area contributed by atoms with Crippen molar-refractivity contribution < 1.29 is 28.9 Å². The molecular weight excluding hydrogens is 508 g/mol. The first-order valence-corrected chi connectivity index (χ1v) is 13.8.